The van der Waals surface area contributed by atoms with Crippen molar-refractivity contribution in [3.05, 3.63) is 107 Å². The summed E-state index contributed by atoms with van der Waals surface area (Å²) in [6, 6.07) is 26.8. The monoisotopic (exact) mass is 340 g/mol. The van der Waals surface area contributed by atoms with E-state index in [2.05, 4.69) is 54.6 Å². The number of carbonyl (C=O) groups excluding carboxylic acids is 1. The van der Waals surface area contributed by atoms with E-state index in [9.17, 15) is 4.79 Å². The van der Waals surface area contributed by atoms with Gasteiger partial charge in [-0.05, 0) is 47.6 Å². The molecule has 0 aromatic heterocycles. The summed E-state index contributed by atoms with van der Waals surface area (Å²) in [4.78, 5) is 12.9. The SMILES string of the molecule is O=C1OC2(CCCc3ccccc32)C(c2ccccc2)c2ccccc21. The Balaban J connectivity index is 1.82. The van der Waals surface area contributed by atoms with E-state index in [1.807, 2.05) is 24.3 Å². The minimum atomic E-state index is -0.623. The van der Waals surface area contributed by atoms with E-state index in [1.165, 1.54) is 16.7 Å². The number of carbonyl (C=O) groups is 1. The Bertz CT molecular complexity index is 976. The summed E-state index contributed by atoms with van der Waals surface area (Å²) >= 11 is 0. The number of benzene rings is 3. The second-order valence-electron chi connectivity index (χ2n) is 7.22. The van der Waals surface area contributed by atoms with Gasteiger partial charge in [0.25, 0.3) is 0 Å². The molecule has 1 spiro atoms. The first-order chi connectivity index (χ1) is 12.8. The molecule has 2 nitrogen and oxygen atoms in total. The van der Waals surface area contributed by atoms with Gasteiger partial charge >= 0.3 is 5.97 Å². The lowest BCUT2D eigenvalue weighted by Gasteiger charge is -2.47. The molecule has 3 aromatic rings. The number of hydrogen-bond donors (Lipinski definition) is 0. The standard InChI is InChI=1S/C24H20O2/c25-23-20-14-6-5-13-19(20)22(18-10-2-1-3-11-18)24(26-23)16-8-12-17-9-4-7-15-21(17)24/h1-7,9-11,13-15,22H,8,12,16H2. The zero-order valence-electron chi connectivity index (χ0n) is 14.5. The Morgan fingerprint density at radius 3 is 2.46 bits per heavy atom. The van der Waals surface area contributed by atoms with Gasteiger partial charge < -0.3 is 4.74 Å². The first kappa shape index (κ1) is 15.4. The molecule has 5 rings (SSSR count). The highest BCUT2D eigenvalue weighted by molar-refractivity contribution is 5.93. The van der Waals surface area contributed by atoms with Crippen molar-refractivity contribution in [3.8, 4) is 0 Å². The molecule has 0 amide bonds. The van der Waals surface area contributed by atoms with Crippen LogP contribution in [0.15, 0.2) is 78.9 Å². The van der Waals surface area contributed by atoms with Crippen molar-refractivity contribution in [1.29, 1.82) is 0 Å². The molecule has 2 aliphatic rings. The smallest absolute Gasteiger partial charge is 0.339 e. The topological polar surface area (TPSA) is 26.3 Å². The van der Waals surface area contributed by atoms with Crippen LogP contribution in [0.2, 0.25) is 0 Å². The van der Waals surface area contributed by atoms with Crippen molar-refractivity contribution in [2.45, 2.75) is 30.8 Å². The summed E-state index contributed by atoms with van der Waals surface area (Å²) in [7, 11) is 0. The highest BCUT2D eigenvalue weighted by atomic mass is 16.6. The van der Waals surface area contributed by atoms with Crippen LogP contribution in [0.5, 0.6) is 0 Å². The van der Waals surface area contributed by atoms with E-state index in [-0.39, 0.29) is 11.9 Å². The third kappa shape index (κ3) is 2.15. The molecule has 1 aliphatic carbocycles. The number of ether oxygens (including phenoxy) is 1. The summed E-state index contributed by atoms with van der Waals surface area (Å²) in [5.74, 6) is -0.191. The summed E-state index contributed by atoms with van der Waals surface area (Å²) in [6.07, 6.45) is 2.91. The van der Waals surface area contributed by atoms with E-state index >= 15 is 0 Å². The van der Waals surface area contributed by atoms with Crippen LogP contribution >= 0.6 is 0 Å². The number of aryl methyl sites for hydroxylation is 1. The second kappa shape index (κ2) is 5.84. The van der Waals surface area contributed by atoms with Crippen LogP contribution in [0.3, 0.4) is 0 Å². The van der Waals surface area contributed by atoms with Crippen LogP contribution < -0.4 is 0 Å². The van der Waals surface area contributed by atoms with Gasteiger partial charge in [0.2, 0.25) is 0 Å². The molecule has 2 heteroatoms. The van der Waals surface area contributed by atoms with Crippen LogP contribution in [0, 0.1) is 0 Å². The summed E-state index contributed by atoms with van der Waals surface area (Å²) in [5, 5.41) is 0. The number of fused-ring (bicyclic) bond motifs is 3. The van der Waals surface area contributed by atoms with Crippen LogP contribution in [0.25, 0.3) is 0 Å². The zero-order chi connectivity index (χ0) is 17.6. The lowest BCUT2D eigenvalue weighted by molar-refractivity contribution is -0.0475. The maximum atomic E-state index is 12.9. The van der Waals surface area contributed by atoms with Gasteiger partial charge in [0, 0.05) is 0 Å². The molecule has 0 radical (unpaired) electrons. The molecule has 128 valence electrons. The van der Waals surface area contributed by atoms with Crippen molar-refractivity contribution in [2.75, 3.05) is 0 Å². The normalized spacial score (nSPS) is 23.8. The van der Waals surface area contributed by atoms with Gasteiger partial charge in [-0.1, -0.05) is 72.8 Å². The van der Waals surface area contributed by atoms with Crippen LogP contribution in [0.4, 0.5) is 0 Å². The molecular weight excluding hydrogens is 320 g/mol. The molecule has 2 unspecified atom stereocenters. The number of esters is 1. The largest absolute Gasteiger partial charge is 0.450 e. The Kier molecular flexibility index (Phi) is 3.46. The van der Waals surface area contributed by atoms with Gasteiger partial charge in [-0.2, -0.15) is 0 Å². The third-order valence-electron chi connectivity index (χ3n) is 5.83. The maximum absolute atomic E-state index is 12.9. The molecule has 0 bridgehead atoms. The van der Waals surface area contributed by atoms with Crippen LogP contribution in [-0.2, 0) is 16.8 Å². The lowest BCUT2D eigenvalue weighted by atomic mass is 9.65. The summed E-state index contributed by atoms with van der Waals surface area (Å²) in [5.41, 5.74) is 4.81. The van der Waals surface area contributed by atoms with Gasteiger partial charge in [0.05, 0.1) is 11.5 Å². The van der Waals surface area contributed by atoms with Crippen molar-refractivity contribution in [2.24, 2.45) is 0 Å². The number of rotatable bonds is 1. The quantitative estimate of drug-likeness (QED) is 0.568. The molecular formula is C24H20O2. The average Bonchev–Trinajstić information content (AvgIpc) is 2.69. The Morgan fingerprint density at radius 1 is 0.846 bits per heavy atom. The highest BCUT2D eigenvalue weighted by Crippen LogP contribution is 2.54. The summed E-state index contributed by atoms with van der Waals surface area (Å²) < 4.78 is 6.30. The molecule has 2 atom stereocenters. The Morgan fingerprint density at radius 2 is 1.58 bits per heavy atom. The maximum Gasteiger partial charge on any atom is 0.339 e. The fraction of sp³-hybridized carbons (Fsp3) is 0.208. The molecule has 3 aromatic carbocycles. The van der Waals surface area contributed by atoms with Crippen LogP contribution in [-0.4, -0.2) is 5.97 Å². The molecule has 1 aliphatic heterocycles. The fourth-order valence-electron chi connectivity index (χ4n) is 4.79. The molecule has 0 saturated heterocycles. The van der Waals surface area contributed by atoms with Crippen LogP contribution in [0.1, 0.15) is 51.4 Å². The van der Waals surface area contributed by atoms with Gasteiger partial charge in [-0.15, -0.1) is 0 Å². The van der Waals surface area contributed by atoms with E-state index in [4.69, 9.17) is 4.74 Å². The number of hydrogen-bond acceptors (Lipinski definition) is 2. The lowest BCUT2D eigenvalue weighted by Crippen LogP contribution is -2.45. The first-order valence-corrected chi connectivity index (χ1v) is 9.25. The first-order valence-electron chi connectivity index (χ1n) is 9.25. The van der Waals surface area contributed by atoms with E-state index < -0.39 is 5.60 Å². The van der Waals surface area contributed by atoms with Crippen molar-refractivity contribution < 1.29 is 9.53 Å². The molecule has 0 fully saturated rings. The molecule has 0 N–H and O–H groups in total. The van der Waals surface area contributed by atoms with Gasteiger partial charge in [-0.25, -0.2) is 4.79 Å². The predicted molar refractivity (Wildman–Crippen MR) is 101 cm³/mol. The van der Waals surface area contributed by atoms with Crippen molar-refractivity contribution in [3.63, 3.8) is 0 Å². The molecule has 1 heterocycles. The third-order valence-corrected chi connectivity index (χ3v) is 5.83. The zero-order valence-corrected chi connectivity index (χ0v) is 14.5. The van der Waals surface area contributed by atoms with E-state index in [1.54, 1.807) is 0 Å². The van der Waals surface area contributed by atoms with E-state index in [0.717, 1.165) is 24.8 Å². The van der Waals surface area contributed by atoms with Crippen molar-refractivity contribution in [1.82, 2.24) is 0 Å². The average molecular weight is 340 g/mol. The highest BCUT2D eigenvalue weighted by Gasteiger charge is 2.52. The second-order valence-corrected chi connectivity index (χ2v) is 7.22. The molecule has 26 heavy (non-hydrogen) atoms. The fourth-order valence-corrected chi connectivity index (χ4v) is 4.79. The minimum absolute atomic E-state index is 0.0130. The van der Waals surface area contributed by atoms with Gasteiger partial charge in [0.15, 0.2) is 0 Å². The van der Waals surface area contributed by atoms with Gasteiger partial charge in [0.1, 0.15) is 5.60 Å². The van der Waals surface area contributed by atoms with E-state index in [0.29, 0.717) is 5.56 Å². The van der Waals surface area contributed by atoms with Gasteiger partial charge in [-0.3, -0.25) is 0 Å². The Labute approximate surface area is 153 Å². The van der Waals surface area contributed by atoms with Crippen molar-refractivity contribution >= 4 is 5.97 Å². The Hall–Kier alpha value is -2.87. The summed E-state index contributed by atoms with van der Waals surface area (Å²) in [6.45, 7) is 0. The predicted octanol–water partition coefficient (Wildman–Crippen LogP) is 5.22. The minimum Gasteiger partial charge on any atom is -0.450 e. The molecule has 0 saturated carbocycles.